The Bertz CT molecular complexity index is 678. The summed E-state index contributed by atoms with van der Waals surface area (Å²) in [4.78, 5) is 11.7. The van der Waals surface area contributed by atoms with Gasteiger partial charge in [0.25, 0.3) is 0 Å². The Kier molecular flexibility index (Phi) is 5.06. The number of nitrogens with one attached hydrogen (secondary N) is 1. The highest BCUT2D eigenvalue weighted by Crippen LogP contribution is 2.27. The van der Waals surface area contributed by atoms with Gasteiger partial charge in [-0.15, -0.1) is 5.10 Å². The van der Waals surface area contributed by atoms with Gasteiger partial charge >= 0.3 is 5.69 Å². The summed E-state index contributed by atoms with van der Waals surface area (Å²) >= 11 is 0. The Balaban J connectivity index is 2.37. The molecule has 0 radical (unpaired) electrons. The zero-order chi connectivity index (χ0) is 15.4. The van der Waals surface area contributed by atoms with E-state index in [1.165, 1.54) is 16.7 Å². The Labute approximate surface area is 124 Å². The van der Waals surface area contributed by atoms with Crippen LogP contribution in [-0.2, 0) is 17.3 Å². The molecule has 0 aliphatic carbocycles. The van der Waals surface area contributed by atoms with Crippen molar-refractivity contribution in [1.82, 2.24) is 14.8 Å². The van der Waals surface area contributed by atoms with Gasteiger partial charge in [0.1, 0.15) is 5.82 Å². The minimum Gasteiger partial charge on any atom is -0.268 e. The Morgan fingerprint density at radius 1 is 1.33 bits per heavy atom. The number of aromatic amines is 1. The van der Waals surface area contributed by atoms with Crippen molar-refractivity contribution in [3.05, 3.63) is 46.1 Å². The molecule has 0 bridgehead atoms. The molecule has 2 aromatic rings. The van der Waals surface area contributed by atoms with Gasteiger partial charge in [-0.3, -0.25) is 8.78 Å². The van der Waals surface area contributed by atoms with Crippen molar-refractivity contribution in [2.45, 2.75) is 43.6 Å². The maximum absolute atomic E-state index is 13.0. The topological polar surface area (TPSA) is 67.8 Å². The second-order valence-electron chi connectivity index (χ2n) is 4.71. The smallest absolute Gasteiger partial charge is 0.268 e. The predicted molar refractivity (Wildman–Crippen MR) is 79.0 cm³/mol. The quantitative estimate of drug-likeness (QED) is 0.890. The minimum atomic E-state index is -1.47. The number of rotatable bonds is 6. The van der Waals surface area contributed by atoms with Crippen molar-refractivity contribution in [3.63, 3.8) is 0 Å². The highest BCUT2D eigenvalue weighted by molar-refractivity contribution is 7.85. The highest BCUT2D eigenvalue weighted by Gasteiger charge is 2.24. The lowest BCUT2D eigenvalue weighted by molar-refractivity contribution is 0.584. The molecular formula is C14H18FN3O2S. The van der Waals surface area contributed by atoms with Crippen molar-refractivity contribution in [2.24, 2.45) is 0 Å². The van der Waals surface area contributed by atoms with Crippen LogP contribution in [0.3, 0.4) is 0 Å². The maximum atomic E-state index is 13.0. The molecule has 0 unspecified atom stereocenters. The molecular weight excluding hydrogens is 293 g/mol. The maximum Gasteiger partial charge on any atom is 0.344 e. The molecule has 1 aromatic heterocycles. The van der Waals surface area contributed by atoms with Crippen LogP contribution in [0.5, 0.6) is 0 Å². The number of nitrogens with zero attached hydrogens (tertiary/aromatic N) is 2. The average molecular weight is 311 g/mol. The third-order valence-electron chi connectivity index (χ3n) is 3.22. The molecule has 1 aromatic carbocycles. The van der Waals surface area contributed by atoms with Gasteiger partial charge in [-0.05, 0) is 30.5 Å². The van der Waals surface area contributed by atoms with E-state index in [9.17, 15) is 13.4 Å². The Morgan fingerprint density at radius 2 is 2.00 bits per heavy atom. The van der Waals surface area contributed by atoms with Crippen molar-refractivity contribution in [1.29, 1.82) is 0 Å². The molecule has 0 saturated heterocycles. The SMILES string of the molecule is CCCn1c([S@](=O)[C@@H](CC)c2ccc(F)cc2)n[nH]c1=O. The average Bonchev–Trinajstić information content (AvgIpc) is 2.83. The van der Waals surface area contributed by atoms with Crippen molar-refractivity contribution in [2.75, 3.05) is 0 Å². The van der Waals surface area contributed by atoms with E-state index in [4.69, 9.17) is 0 Å². The lowest BCUT2D eigenvalue weighted by Crippen LogP contribution is -2.20. The first kappa shape index (κ1) is 15.6. The molecule has 7 heteroatoms. The van der Waals surface area contributed by atoms with Gasteiger partial charge in [-0.1, -0.05) is 26.0 Å². The van der Waals surface area contributed by atoms with Crippen molar-refractivity contribution < 1.29 is 8.60 Å². The fourth-order valence-electron chi connectivity index (χ4n) is 2.19. The summed E-state index contributed by atoms with van der Waals surface area (Å²) in [6.45, 7) is 4.31. The zero-order valence-corrected chi connectivity index (χ0v) is 12.8. The lowest BCUT2D eigenvalue weighted by Gasteiger charge is -2.14. The lowest BCUT2D eigenvalue weighted by atomic mass is 10.1. The standard InChI is InChI=1S/C14H18FN3O2S/c1-3-9-18-13(19)16-17-14(18)21(20)12(4-2)10-5-7-11(15)8-6-10/h5-8,12H,3-4,9H2,1-2H3,(H,16,19)/t12-,21+/m0/s1. The largest absolute Gasteiger partial charge is 0.344 e. The van der Waals surface area contributed by atoms with E-state index in [-0.39, 0.29) is 21.9 Å². The summed E-state index contributed by atoms with van der Waals surface area (Å²) in [5.74, 6) is -0.331. The third kappa shape index (κ3) is 3.29. The van der Waals surface area contributed by atoms with E-state index in [2.05, 4.69) is 10.2 Å². The first-order chi connectivity index (χ1) is 10.1. The molecule has 0 amide bonds. The van der Waals surface area contributed by atoms with Gasteiger partial charge in [0.15, 0.2) is 0 Å². The number of hydrogen-bond acceptors (Lipinski definition) is 3. The van der Waals surface area contributed by atoms with Crippen LogP contribution in [-0.4, -0.2) is 19.0 Å². The first-order valence-electron chi connectivity index (χ1n) is 6.89. The summed E-state index contributed by atoms with van der Waals surface area (Å²) in [5, 5.41) is 6.17. The monoisotopic (exact) mass is 311 g/mol. The molecule has 2 atom stereocenters. The van der Waals surface area contributed by atoms with Gasteiger partial charge in [-0.25, -0.2) is 14.3 Å². The summed E-state index contributed by atoms with van der Waals surface area (Å²) < 4.78 is 27.2. The normalized spacial score (nSPS) is 14.0. The zero-order valence-electron chi connectivity index (χ0n) is 12.0. The summed E-state index contributed by atoms with van der Waals surface area (Å²) in [6.07, 6.45) is 1.35. The van der Waals surface area contributed by atoms with Gasteiger partial charge in [0, 0.05) is 6.54 Å². The van der Waals surface area contributed by atoms with Crippen LogP contribution < -0.4 is 5.69 Å². The van der Waals surface area contributed by atoms with Crippen LogP contribution in [0.1, 0.15) is 37.5 Å². The molecule has 0 spiro atoms. The van der Waals surface area contributed by atoms with E-state index in [0.717, 1.165) is 12.0 Å². The molecule has 0 aliphatic rings. The summed E-state index contributed by atoms with van der Waals surface area (Å²) in [5.41, 5.74) is 0.421. The second kappa shape index (κ2) is 6.80. The van der Waals surface area contributed by atoms with E-state index < -0.39 is 10.8 Å². The molecule has 2 rings (SSSR count). The van der Waals surface area contributed by atoms with E-state index >= 15 is 0 Å². The van der Waals surface area contributed by atoms with Gasteiger partial charge in [0.2, 0.25) is 5.16 Å². The molecule has 114 valence electrons. The number of H-pyrrole nitrogens is 1. The van der Waals surface area contributed by atoms with E-state index in [0.29, 0.717) is 13.0 Å². The highest BCUT2D eigenvalue weighted by atomic mass is 32.2. The molecule has 0 fully saturated rings. The molecule has 1 heterocycles. The van der Waals surface area contributed by atoms with Gasteiger partial charge in [0.05, 0.1) is 16.0 Å². The van der Waals surface area contributed by atoms with Crippen molar-refractivity contribution >= 4 is 10.8 Å². The fourth-order valence-corrected chi connectivity index (χ4v) is 3.68. The number of hydrogen-bond donors (Lipinski definition) is 1. The third-order valence-corrected chi connectivity index (χ3v) is 5.02. The second-order valence-corrected chi connectivity index (χ2v) is 6.24. The Hall–Kier alpha value is -1.76. The van der Waals surface area contributed by atoms with Gasteiger partial charge in [-0.2, -0.15) is 0 Å². The predicted octanol–water partition coefficient (Wildman–Crippen LogP) is 2.38. The molecule has 0 aliphatic heterocycles. The van der Waals surface area contributed by atoms with Crippen LogP contribution in [0.4, 0.5) is 4.39 Å². The van der Waals surface area contributed by atoms with Crippen LogP contribution >= 0.6 is 0 Å². The minimum absolute atomic E-state index is 0.248. The van der Waals surface area contributed by atoms with E-state index in [1.807, 2.05) is 13.8 Å². The molecule has 0 saturated carbocycles. The Morgan fingerprint density at radius 3 is 2.57 bits per heavy atom. The summed E-state index contributed by atoms with van der Waals surface area (Å²) in [6, 6.07) is 5.93. The number of halogens is 1. The molecule has 1 N–H and O–H groups in total. The van der Waals surface area contributed by atoms with Crippen LogP contribution in [0.2, 0.25) is 0 Å². The summed E-state index contributed by atoms with van der Waals surface area (Å²) in [7, 11) is -1.47. The van der Waals surface area contributed by atoms with Crippen molar-refractivity contribution in [3.8, 4) is 0 Å². The van der Waals surface area contributed by atoms with Crippen LogP contribution in [0.25, 0.3) is 0 Å². The molecule has 5 nitrogen and oxygen atoms in total. The van der Waals surface area contributed by atoms with Gasteiger partial charge < -0.3 is 0 Å². The van der Waals surface area contributed by atoms with Crippen LogP contribution in [0, 0.1) is 5.82 Å². The van der Waals surface area contributed by atoms with E-state index in [1.54, 1.807) is 12.1 Å². The van der Waals surface area contributed by atoms with Crippen LogP contribution in [0.15, 0.2) is 34.2 Å². The molecule has 21 heavy (non-hydrogen) atoms. The fraction of sp³-hybridized carbons (Fsp3) is 0.429. The number of aromatic nitrogens is 3. The first-order valence-corrected chi connectivity index (χ1v) is 8.11. The number of benzene rings is 1.